The van der Waals surface area contributed by atoms with E-state index in [-0.39, 0.29) is 11.9 Å². The minimum atomic E-state index is -0.844. The Morgan fingerprint density at radius 1 is 1.06 bits per heavy atom. The highest BCUT2D eigenvalue weighted by molar-refractivity contribution is 6.00. The molecule has 1 aliphatic heterocycles. The molecule has 2 aliphatic carbocycles. The van der Waals surface area contributed by atoms with Crippen LogP contribution in [0.25, 0.3) is 22.2 Å². The standard InChI is InChI=1S/C28H29NO5/c1-33-18-9-11-19-21(13-18)22-14-28(22,27(31)32)15-29-23-12-17(26(30)34-2)8-10-20(23)24(25(19)29)16-6-4-3-5-7-16/h8-13,16,22H,3-7,14-15H2,1-2H3,(H,31,32)/t22-,28-/m0/s1. The van der Waals surface area contributed by atoms with Crippen LogP contribution < -0.4 is 4.74 Å². The second-order valence-corrected chi connectivity index (χ2v) is 10.1. The predicted molar refractivity (Wildman–Crippen MR) is 129 cm³/mol. The van der Waals surface area contributed by atoms with Crippen LogP contribution >= 0.6 is 0 Å². The molecule has 0 radical (unpaired) electrons. The molecule has 6 rings (SSSR count). The molecule has 2 heterocycles. The zero-order valence-electron chi connectivity index (χ0n) is 19.6. The number of carboxylic acid groups (broad SMARTS) is 1. The van der Waals surface area contributed by atoms with E-state index in [1.807, 2.05) is 30.3 Å². The van der Waals surface area contributed by atoms with E-state index in [1.54, 1.807) is 7.11 Å². The van der Waals surface area contributed by atoms with Crippen LogP contribution in [0.4, 0.5) is 0 Å². The van der Waals surface area contributed by atoms with Gasteiger partial charge >= 0.3 is 11.9 Å². The molecule has 0 unspecified atom stereocenters. The van der Waals surface area contributed by atoms with Crippen molar-refractivity contribution in [2.24, 2.45) is 5.41 Å². The van der Waals surface area contributed by atoms with Gasteiger partial charge in [0.1, 0.15) is 5.75 Å². The van der Waals surface area contributed by atoms with E-state index in [0.717, 1.165) is 46.3 Å². The summed E-state index contributed by atoms with van der Waals surface area (Å²) in [5.74, 6) is -0.0200. The van der Waals surface area contributed by atoms with Crippen LogP contribution in [0.3, 0.4) is 0 Å². The van der Waals surface area contributed by atoms with E-state index in [0.29, 0.717) is 24.4 Å². The lowest BCUT2D eigenvalue weighted by Gasteiger charge is -2.24. The lowest BCUT2D eigenvalue weighted by Crippen LogP contribution is -2.22. The van der Waals surface area contributed by atoms with Crippen LogP contribution in [0.15, 0.2) is 36.4 Å². The van der Waals surface area contributed by atoms with Gasteiger partial charge in [-0.05, 0) is 66.6 Å². The number of aliphatic carboxylic acids is 1. The molecule has 34 heavy (non-hydrogen) atoms. The molecule has 0 bridgehead atoms. The first-order chi connectivity index (χ1) is 16.5. The lowest BCUT2D eigenvalue weighted by molar-refractivity contribution is -0.144. The third kappa shape index (κ3) is 2.93. The number of fused-ring (bicyclic) bond motifs is 7. The summed E-state index contributed by atoms with van der Waals surface area (Å²) in [6.07, 6.45) is 6.53. The summed E-state index contributed by atoms with van der Waals surface area (Å²) in [6.45, 7) is 0.396. The van der Waals surface area contributed by atoms with Gasteiger partial charge in [0.25, 0.3) is 0 Å². The van der Waals surface area contributed by atoms with Crippen molar-refractivity contribution in [3.8, 4) is 17.0 Å². The number of ether oxygens (including phenoxy) is 2. The number of benzene rings is 2. The average Bonchev–Trinajstić information content (AvgIpc) is 3.54. The summed E-state index contributed by atoms with van der Waals surface area (Å²) >= 11 is 0. The van der Waals surface area contributed by atoms with Gasteiger partial charge < -0.3 is 19.1 Å². The van der Waals surface area contributed by atoms with Crippen LogP contribution in [0.5, 0.6) is 5.75 Å². The molecule has 6 nitrogen and oxygen atoms in total. The van der Waals surface area contributed by atoms with Crippen molar-refractivity contribution >= 4 is 22.8 Å². The van der Waals surface area contributed by atoms with Crippen molar-refractivity contribution < 1.29 is 24.2 Å². The Kier molecular flexibility index (Phi) is 4.77. The first-order valence-corrected chi connectivity index (χ1v) is 12.1. The Morgan fingerprint density at radius 3 is 2.56 bits per heavy atom. The highest BCUT2D eigenvalue weighted by Crippen LogP contribution is 2.65. The number of esters is 1. The smallest absolute Gasteiger partial charge is 0.337 e. The fourth-order valence-electron chi connectivity index (χ4n) is 6.53. The van der Waals surface area contributed by atoms with Crippen molar-refractivity contribution in [3.05, 3.63) is 53.1 Å². The summed E-state index contributed by atoms with van der Waals surface area (Å²) in [6, 6.07) is 11.9. The minimum absolute atomic E-state index is 0.0481. The quantitative estimate of drug-likeness (QED) is 0.505. The molecule has 176 valence electrons. The van der Waals surface area contributed by atoms with Gasteiger partial charge in [-0.2, -0.15) is 0 Å². The molecule has 0 spiro atoms. The van der Waals surface area contributed by atoms with Gasteiger partial charge in [-0.15, -0.1) is 0 Å². The van der Waals surface area contributed by atoms with E-state index < -0.39 is 11.4 Å². The normalized spacial score (nSPS) is 23.4. The van der Waals surface area contributed by atoms with E-state index in [9.17, 15) is 14.7 Å². The molecule has 2 fully saturated rings. The third-order valence-corrected chi connectivity index (χ3v) is 8.37. The van der Waals surface area contributed by atoms with Crippen molar-refractivity contribution in [2.75, 3.05) is 14.2 Å². The topological polar surface area (TPSA) is 77.8 Å². The van der Waals surface area contributed by atoms with Gasteiger partial charge in [0.2, 0.25) is 0 Å². The monoisotopic (exact) mass is 459 g/mol. The molecular formula is C28H29NO5. The van der Waals surface area contributed by atoms with Gasteiger partial charge in [-0.25, -0.2) is 4.79 Å². The molecule has 2 saturated carbocycles. The first-order valence-electron chi connectivity index (χ1n) is 12.1. The molecule has 2 atom stereocenters. The fourth-order valence-corrected chi connectivity index (χ4v) is 6.53. The van der Waals surface area contributed by atoms with Crippen LogP contribution in [-0.2, 0) is 16.1 Å². The second kappa shape index (κ2) is 7.62. The largest absolute Gasteiger partial charge is 0.497 e. The molecule has 2 aromatic carbocycles. The van der Waals surface area contributed by atoms with E-state index in [4.69, 9.17) is 9.47 Å². The predicted octanol–water partition coefficient (Wildman–Crippen LogP) is 5.72. The van der Waals surface area contributed by atoms with E-state index >= 15 is 0 Å². The summed E-state index contributed by atoms with van der Waals surface area (Å²) in [5, 5.41) is 11.5. The Balaban J connectivity index is 1.69. The maximum absolute atomic E-state index is 12.6. The highest BCUT2D eigenvalue weighted by atomic mass is 16.5. The summed E-state index contributed by atoms with van der Waals surface area (Å²) in [4.78, 5) is 25.0. The maximum Gasteiger partial charge on any atom is 0.337 e. The fraction of sp³-hybridized carbons (Fsp3) is 0.429. The van der Waals surface area contributed by atoms with Gasteiger partial charge in [0, 0.05) is 28.9 Å². The van der Waals surface area contributed by atoms with Crippen molar-refractivity contribution in [1.29, 1.82) is 0 Å². The Labute approximate surface area is 198 Å². The number of methoxy groups -OCH3 is 2. The van der Waals surface area contributed by atoms with E-state index in [1.165, 1.54) is 31.9 Å². The Hall–Kier alpha value is -3.28. The number of aromatic nitrogens is 1. The molecule has 3 aromatic rings. The number of carboxylic acids is 1. The first kappa shape index (κ1) is 21.3. The highest BCUT2D eigenvalue weighted by Gasteiger charge is 2.63. The van der Waals surface area contributed by atoms with E-state index in [2.05, 4.69) is 10.6 Å². The van der Waals surface area contributed by atoms with Gasteiger partial charge in [-0.1, -0.05) is 25.3 Å². The number of carbonyl (C=O) groups excluding carboxylic acids is 1. The average molecular weight is 460 g/mol. The minimum Gasteiger partial charge on any atom is -0.497 e. The number of carbonyl (C=O) groups is 2. The number of hydrogen-bond donors (Lipinski definition) is 1. The van der Waals surface area contributed by atoms with Crippen molar-refractivity contribution in [3.63, 3.8) is 0 Å². The Bertz CT molecular complexity index is 1330. The van der Waals surface area contributed by atoms with Gasteiger partial charge in [0.05, 0.1) is 30.9 Å². The number of hydrogen-bond acceptors (Lipinski definition) is 4. The van der Waals surface area contributed by atoms with Crippen LogP contribution in [-0.4, -0.2) is 35.8 Å². The zero-order valence-corrected chi connectivity index (χ0v) is 19.6. The summed E-state index contributed by atoms with van der Waals surface area (Å²) < 4.78 is 12.7. The third-order valence-electron chi connectivity index (χ3n) is 8.37. The zero-order chi connectivity index (χ0) is 23.6. The van der Waals surface area contributed by atoms with Crippen molar-refractivity contribution in [2.45, 2.75) is 56.9 Å². The molecular weight excluding hydrogens is 430 g/mol. The summed E-state index contributed by atoms with van der Waals surface area (Å²) in [5.41, 5.74) is 5.16. The van der Waals surface area contributed by atoms with Crippen LogP contribution in [0.2, 0.25) is 0 Å². The van der Waals surface area contributed by atoms with Gasteiger partial charge in [0.15, 0.2) is 0 Å². The second-order valence-electron chi connectivity index (χ2n) is 10.1. The maximum atomic E-state index is 12.6. The Morgan fingerprint density at radius 2 is 1.85 bits per heavy atom. The molecule has 3 aliphatic rings. The van der Waals surface area contributed by atoms with Crippen LogP contribution in [0.1, 0.15) is 71.8 Å². The number of nitrogens with zero attached hydrogens (tertiary/aromatic N) is 1. The number of rotatable bonds is 4. The molecule has 0 saturated heterocycles. The molecule has 6 heteroatoms. The lowest BCUT2D eigenvalue weighted by atomic mass is 9.81. The summed E-state index contributed by atoms with van der Waals surface area (Å²) in [7, 11) is 3.03. The molecule has 1 N–H and O–H groups in total. The van der Waals surface area contributed by atoms with Gasteiger partial charge in [-0.3, -0.25) is 4.79 Å². The van der Waals surface area contributed by atoms with Crippen LogP contribution in [0, 0.1) is 5.41 Å². The van der Waals surface area contributed by atoms with Crippen molar-refractivity contribution in [1.82, 2.24) is 4.57 Å². The molecule has 0 amide bonds. The SMILES string of the molecule is COC(=O)c1ccc2c(C3CCCCC3)c3n(c2c1)C[C@@]1(C(=O)O)C[C@H]1c1cc(OC)ccc1-3. The molecule has 1 aromatic heterocycles.